The fourth-order valence-electron chi connectivity index (χ4n) is 3.10. The van der Waals surface area contributed by atoms with Gasteiger partial charge >= 0.3 is 0 Å². The molecule has 3 rings (SSSR count). The van der Waals surface area contributed by atoms with Crippen LogP contribution in [0, 0.1) is 0 Å². The Bertz CT molecular complexity index is 759. The van der Waals surface area contributed by atoms with Gasteiger partial charge in [0.1, 0.15) is 11.5 Å². The number of carbonyl (C=O) groups is 1. The summed E-state index contributed by atoms with van der Waals surface area (Å²) < 4.78 is 16.4. The molecule has 0 fully saturated rings. The highest BCUT2D eigenvalue weighted by molar-refractivity contribution is 5.97. The van der Waals surface area contributed by atoms with Crippen LogP contribution in [0.15, 0.2) is 42.5 Å². The zero-order valence-corrected chi connectivity index (χ0v) is 14.8. The van der Waals surface area contributed by atoms with Crippen molar-refractivity contribution in [2.75, 3.05) is 27.8 Å². The average molecular weight is 341 g/mol. The third-order valence-corrected chi connectivity index (χ3v) is 4.50. The molecular formula is C20H23NO4. The first-order valence-corrected chi connectivity index (χ1v) is 8.28. The number of amides is 1. The van der Waals surface area contributed by atoms with E-state index in [1.807, 2.05) is 12.1 Å². The van der Waals surface area contributed by atoms with Crippen molar-refractivity contribution in [2.24, 2.45) is 0 Å². The molecule has 0 spiro atoms. The van der Waals surface area contributed by atoms with Crippen molar-refractivity contribution in [3.05, 3.63) is 59.2 Å². The smallest absolute Gasteiger partial charge is 0.257 e. The lowest BCUT2D eigenvalue weighted by atomic mass is 9.99. The average Bonchev–Trinajstić information content (AvgIpc) is 2.66. The monoisotopic (exact) mass is 341 g/mol. The second-order valence-electron chi connectivity index (χ2n) is 6.16. The number of rotatable bonds is 5. The van der Waals surface area contributed by atoms with E-state index >= 15 is 0 Å². The number of fused-ring (bicyclic) bond motifs is 1. The van der Waals surface area contributed by atoms with Crippen molar-refractivity contribution in [1.29, 1.82) is 0 Å². The standard InChI is InChI=1S/C20H23NO4/c1-21(12-17-10-14-6-4-5-7-15(14)13-25-17)20(22)18-9-8-16(23-2)11-19(18)24-3/h4-9,11,17H,10,12-13H2,1-3H3/t17-/m0/s1. The van der Waals surface area contributed by atoms with Crippen molar-refractivity contribution < 1.29 is 19.0 Å². The van der Waals surface area contributed by atoms with Gasteiger partial charge in [0.25, 0.3) is 5.91 Å². The van der Waals surface area contributed by atoms with Crippen LogP contribution >= 0.6 is 0 Å². The Morgan fingerprint density at radius 3 is 2.64 bits per heavy atom. The molecule has 1 heterocycles. The minimum absolute atomic E-state index is 0.00640. The van der Waals surface area contributed by atoms with E-state index in [9.17, 15) is 4.79 Å². The fraction of sp³-hybridized carbons (Fsp3) is 0.350. The number of likely N-dealkylation sites (N-methyl/N-ethyl adjacent to an activating group) is 1. The zero-order chi connectivity index (χ0) is 17.8. The molecule has 1 atom stereocenters. The maximum absolute atomic E-state index is 12.8. The van der Waals surface area contributed by atoms with Gasteiger partial charge in [-0.2, -0.15) is 0 Å². The van der Waals surface area contributed by atoms with E-state index in [1.165, 1.54) is 11.1 Å². The van der Waals surface area contributed by atoms with Crippen LogP contribution in [0.5, 0.6) is 11.5 Å². The van der Waals surface area contributed by atoms with Gasteiger partial charge in [-0.25, -0.2) is 0 Å². The van der Waals surface area contributed by atoms with Crippen molar-refractivity contribution >= 4 is 5.91 Å². The minimum Gasteiger partial charge on any atom is -0.497 e. The molecule has 1 aliphatic heterocycles. The molecule has 5 heteroatoms. The van der Waals surface area contributed by atoms with Gasteiger partial charge in [0, 0.05) is 26.1 Å². The number of ether oxygens (including phenoxy) is 3. The van der Waals surface area contributed by atoms with Gasteiger partial charge in [-0.05, 0) is 23.3 Å². The van der Waals surface area contributed by atoms with Gasteiger partial charge in [-0.1, -0.05) is 24.3 Å². The van der Waals surface area contributed by atoms with E-state index in [0.717, 1.165) is 6.42 Å². The number of nitrogens with zero attached hydrogens (tertiary/aromatic N) is 1. The third-order valence-electron chi connectivity index (χ3n) is 4.50. The molecule has 0 unspecified atom stereocenters. The molecule has 0 saturated carbocycles. The van der Waals surface area contributed by atoms with Crippen molar-refractivity contribution in [3.63, 3.8) is 0 Å². The van der Waals surface area contributed by atoms with Crippen molar-refractivity contribution in [3.8, 4) is 11.5 Å². The number of methoxy groups -OCH3 is 2. The molecule has 0 aliphatic carbocycles. The summed E-state index contributed by atoms with van der Waals surface area (Å²) in [4.78, 5) is 14.5. The summed E-state index contributed by atoms with van der Waals surface area (Å²) in [7, 11) is 4.92. The molecule has 0 aromatic heterocycles. The van der Waals surface area contributed by atoms with E-state index < -0.39 is 0 Å². The van der Waals surface area contributed by atoms with Gasteiger partial charge < -0.3 is 19.1 Å². The lowest BCUT2D eigenvalue weighted by Crippen LogP contribution is -2.38. The lowest BCUT2D eigenvalue weighted by Gasteiger charge is -2.29. The highest BCUT2D eigenvalue weighted by Crippen LogP contribution is 2.26. The first kappa shape index (κ1) is 17.3. The summed E-state index contributed by atoms with van der Waals surface area (Å²) in [6.45, 7) is 1.12. The van der Waals surface area contributed by atoms with E-state index in [1.54, 1.807) is 44.4 Å². The largest absolute Gasteiger partial charge is 0.497 e. The lowest BCUT2D eigenvalue weighted by molar-refractivity contribution is 0.00978. The predicted molar refractivity (Wildman–Crippen MR) is 95.2 cm³/mol. The molecule has 2 aromatic carbocycles. The first-order valence-electron chi connectivity index (χ1n) is 8.28. The highest BCUT2D eigenvalue weighted by atomic mass is 16.5. The SMILES string of the molecule is COc1ccc(C(=O)N(C)C[C@@H]2Cc3ccccc3CO2)c(OC)c1. The van der Waals surface area contributed by atoms with E-state index in [2.05, 4.69) is 12.1 Å². The number of benzene rings is 2. The van der Waals surface area contributed by atoms with Crippen LogP contribution in [0.3, 0.4) is 0 Å². The van der Waals surface area contributed by atoms with Gasteiger partial charge in [0.2, 0.25) is 0 Å². The van der Waals surface area contributed by atoms with Gasteiger partial charge in [-0.3, -0.25) is 4.79 Å². The van der Waals surface area contributed by atoms with E-state index in [0.29, 0.717) is 30.2 Å². The van der Waals surface area contributed by atoms with Crippen LogP contribution in [0.25, 0.3) is 0 Å². The maximum atomic E-state index is 12.8. The van der Waals surface area contributed by atoms with Gasteiger partial charge in [-0.15, -0.1) is 0 Å². The Morgan fingerprint density at radius 1 is 1.16 bits per heavy atom. The van der Waals surface area contributed by atoms with Gasteiger partial charge in [0.05, 0.1) is 32.5 Å². The van der Waals surface area contributed by atoms with Crippen LogP contribution in [-0.2, 0) is 17.8 Å². The topological polar surface area (TPSA) is 48.0 Å². The second-order valence-corrected chi connectivity index (χ2v) is 6.16. The molecule has 0 saturated heterocycles. The summed E-state index contributed by atoms with van der Waals surface area (Å²) in [6, 6.07) is 13.5. The Labute approximate surface area is 148 Å². The molecule has 1 aliphatic rings. The quantitative estimate of drug-likeness (QED) is 0.839. The highest BCUT2D eigenvalue weighted by Gasteiger charge is 2.24. The Balaban J connectivity index is 1.69. The third kappa shape index (κ3) is 3.77. The Kier molecular flexibility index (Phi) is 5.24. The number of hydrogen-bond donors (Lipinski definition) is 0. The Morgan fingerprint density at radius 2 is 1.92 bits per heavy atom. The minimum atomic E-state index is -0.0954. The van der Waals surface area contributed by atoms with Crippen LogP contribution in [0.2, 0.25) is 0 Å². The van der Waals surface area contributed by atoms with Gasteiger partial charge in [0.15, 0.2) is 0 Å². The second kappa shape index (κ2) is 7.57. The van der Waals surface area contributed by atoms with Crippen molar-refractivity contribution in [2.45, 2.75) is 19.1 Å². The maximum Gasteiger partial charge on any atom is 0.257 e. The summed E-state index contributed by atoms with van der Waals surface area (Å²) in [5.74, 6) is 1.07. The van der Waals surface area contributed by atoms with Crippen LogP contribution in [-0.4, -0.2) is 44.7 Å². The number of carbonyl (C=O) groups excluding carboxylic acids is 1. The first-order chi connectivity index (χ1) is 12.1. The fourth-order valence-corrected chi connectivity index (χ4v) is 3.10. The molecule has 2 aromatic rings. The van der Waals surface area contributed by atoms with Crippen LogP contribution < -0.4 is 9.47 Å². The summed E-state index contributed by atoms with van der Waals surface area (Å²) in [5, 5.41) is 0. The van der Waals surface area contributed by atoms with Crippen LogP contribution in [0.4, 0.5) is 0 Å². The molecule has 25 heavy (non-hydrogen) atoms. The normalized spacial score (nSPS) is 16.0. The zero-order valence-electron chi connectivity index (χ0n) is 14.8. The Hall–Kier alpha value is -2.53. The molecule has 0 bridgehead atoms. The molecule has 132 valence electrons. The molecule has 1 amide bonds. The van der Waals surface area contributed by atoms with E-state index in [4.69, 9.17) is 14.2 Å². The number of hydrogen-bond acceptors (Lipinski definition) is 4. The molecule has 0 radical (unpaired) electrons. The summed E-state index contributed by atoms with van der Waals surface area (Å²) >= 11 is 0. The van der Waals surface area contributed by atoms with Crippen molar-refractivity contribution in [1.82, 2.24) is 4.90 Å². The summed E-state index contributed by atoms with van der Waals surface area (Å²) in [6.07, 6.45) is 0.807. The molecular weight excluding hydrogens is 318 g/mol. The predicted octanol–water partition coefficient (Wildman–Crippen LogP) is 2.92. The molecule has 0 N–H and O–H groups in total. The molecule has 5 nitrogen and oxygen atoms in total. The summed E-state index contributed by atoms with van der Waals surface area (Å²) in [5.41, 5.74) is 3.04. The van der Waals surface area contributed by atoms with Crippen LogP contribution in [0.1, 0.15) is 21.5 Å². The van der Waals surface area contributed by atoms with E-state index in [-0.39, 0.29) is 12.0 Å².